The highest BCUT2D eigenvalue weighted by molar-refractivity contribution is 6.37. The Morgan fingerprint density at radius 3 is 2.38 bits per heavy atom. The van der Waals surface area contributed by atoms with Crippen LogP contribution >= 0.6 is 0 Å². The van der Waals surface area contributed by atoms with Crippen molar-refractivity contribution in [1.82, 2.24) is 5.32 Å². The number of ketones is 1. The molecule has 1 aliphatic rings. The van der Waals surface area contributed by atoms with Crippen LogP contribution in [0.1, 0.15) is 27.7 Å². The molecular weight excluding hydrogens is 206 g/mol. The molecule has 0 aromatic heterocycles. The van der Waals surface area contributed by atoms with Gasteiger partial charge in [-0.3, -0.25) is 9.59 Å². The highest BCUT2D eigenvalue weighted by atomic mass is 16.2. The van der Waals surface area contributed by atoms with Crippen LogP contribution in [0.25, 0.3) is 5.53 Å². The molecule has 0 aliphatic carbocycles. The summed E-state index contributed by atoms with van der Waals surface area (Å²) in [6, 6.07) is -0.142. The molecule has 0 saturated carbocycles. The topological polar surface area (TPSA) is 82.6 Å². The molecule has 0 radical (unpaired) electrons. The Balaban J connectivity index is 2.77. The van der Waals surface area contributed by atoms with E-state index in [1.54, 1.807) is 6.92 Å². The molecule has 0 aromatic rings. The lowest BCUT2D eigenvalue weighted by molar-refractivity contribution is -0.141. The van der Waals surface area contributed by atoms with E-state index in [1.165, 1.54) is 6.92 Å². The van der Waals surface area contributed by atoms with Gasteiger partial charge in [0.2, 0.25) is 11.7 Å². The Bertz CT molecular complexity index is 369. The fourth-order valence-electron chi connectivity index (χ4n) is 2.11. The molecule has 1 N–H and O–H groups in total. The van der Waals surface area contributed by atoms with E-state index in [1.807, 2.05) is 13.8 Å². The van der Waals surface area contributed by atoms with Crippen molar-refractivity contribution in [2.75, 3.05) is 0 Å². The predicted octanol–water partition coefficient (Wildman–Crippen LogP) is 0.653. The summed E-state index contributed by atoms with van der Waals surface area (Å²) in [5, 5.41) is 2.74. The summed E-state index contributed by atoms with van der Waals surface area (Å²) in [5.74, 6) is -0.483. The number of rotatable bonds is 4. The second-order valence-electron chi connectivity index (χ2n) is 4.64. The molecule has 0 spiro atoms. The molecule has 1 amide bonds. The number of amides is 1. The average Bonchev–Trinajstić information content (AvgIpc) is 2.21. The van der Waals surface area contributed by atoms with E-state index in [2.05, 4.69) is 10.1 Å². The molecule has 5 nitrogen and oxygen atoms in total. The minimum atomic E-state index is -0.346. The summed E-state index contributed by atoms with van der Waals surface area (Å²) >= 11 is 0. The van der Waals surface area contributed by atoms with Crippen LogP contribution in [0.4, 0.5) is 0 Å². The van der Waals surface area contributed by atoms with E-state index < -0.39 is 0 Å². The van der Waals surface area contributed by atoms with Gasteiger partial charge in [0.15, 0.2) is 0 Å². The zero-order chi connectivity index (χ0) is 12.5. The molecule has 1 rings (SSSR count). The van der Waals surface area contributed by atoms with Crippen molar-refractivity contribution in [2.24, 2.45) is 17.8 Å². The molecule has 0 aromatic carbocycles. The molecule has 88 valence electrons. The van der Waals surface area contributed by atoms with Gasteiger partial charge in [-0.1, -0.05) is 20.8 Å². The monoisotopic (exact) mass is 223 g/mol. The van der Waals surface area contributed by atoms with Crippen LogP contribution in [-0.4, -0.2) is 28.2 Å². The standard InChI is InChI=1S/C11H17N3O2/c1-5(2)8-9(13-11(8)16)6(3)10(15)7(4)14-12/h5-6,8-9H,1-4H3,(H,13,16). The Morgan fingerprint density at radius 1 is 1.44 bits per heavy atom. The van der Waals surface area contributed by atoms with E-state index in [9.17, 15) is 9.59 Å². The van der Waals surface area contributed by atoms with Gasteiger partial charge < -0.3 is 10.8 Å². The number of carbonyl (C=O) groups excluding carboxylic acids is 2. The molecule has 16 heavy (non-hydrogen) atoms. The minimum Gasteiger partial charge on any atom is -0.361 e. The van der Waals surface area contributed by atoms with Gasteiger partial charge in [-0.2, -0.15) is 4.79 Å². The van der Waals surface area contributed by atoms with Crippen molar-refractivity contribution in [2.45, 2.75) is 33.7 Å². The highest BCUT2D eigenvalue weighted by Crippen LogP contribution is 2.29. The second-order valence-corrected chi connectivity index (χ2v) is 4.64. The first-order chi connectivity index (χ1) is 7.40. The van der Waals surface area contributed by atoms with Crippen molar-refractivity contribution in [1.29, 1.82) is 0 Å². The predicted molar refractivity (Wildman–Crippen MR) is 58.7 cm³/mol. The quantitative estimate of drug-likeness (QED) is 0.328. The van der Waals surface area contributed by atoms with Gasteiger partial charge >= 0.3 is 5.71 Å². The van der Waals surface area contributed by atoms with Crippen molar-refractivity contribution < 1.29 is 14.4 Å². The third-order valence-corrected chi connectivity index (χ3v) is 3.18. The van der Waals surface area contributed by atoms with Crippen LogP contribution in [0.3, 0.4) is 0 Å². The fraction of sp³-hybridized carbons (Fsp3) is 0.727. The normalized spacial score (nSPS) is 25.4. The summed E-state index contributed by atoms with van der Waals surface area (Å²) in [4.78, 5) is 26.0. The van der Waals surface area contributed by atoms with Crippen LogP contribution < -0.4 is 5.32 Å². The maximum absolute atomic E-state index is 11.7. The zero-order valence-electron chi connectivity index (χ0n) is 10.0. The molecular formula is C11H17N3O2. The molecule has 3 atom stereocenters. The number of hydrogen-bond donors (Lipinski definition) is 1. The smallest absolute Gasteiger partial charge is 0.331 e. The molecule has 3 unspecified atom stereocenters. The summed E-state index contributed by atoms with van der Waals surface area (Å²) in [5.41, 5.74) is 8.61. The molecule has 1 fully saturated rings. The fourth-order valence-corrected chi connectivity index (χ4v) is 2.11. The van der Waals surface area contributed by atoms with E-state index in [0.29, 0.717) is 0 Å². The summed E-state index contributed by atoms with van der Waals surface area (Å²) < 4.78 is 0. The average molecular weight is 223 g/mol. The first-order valence-electron chi connectivity index (χ1n) is 5.43. The number of nitrogens with one attached hydrogen (secondary N) is 1. The van der Waals surface area contributed by atoms with Crippen molar-refractivity contribution >= 4 is 17.4 Å². The lowest BCUT2D eigenvalue weighted by Crippen LogP contribution is -2.64. The van der Waals surface area contributed by atoms with E-state index in [4.69, 9.17) is 5.53 Å². The zero-order valence-corrected chi connectivity index (χ0v) is 10.0. The van der Waals surface area contributed by atoms with E-state index in [-0.39, 0.29) is 41.2 Å². The molecule has 1 aliphatic heterocycles. The Morgan fingerprint density at radius 2 is 2.00 bits per heavy atom. The molecule has 0 bridgehead atoms. The first kappa shape index (κ1) is 12.6. The maximum Gasteiger partial charge on any atom is 0.331 e. The van der Waals surface area contributed by atoms with E-state index >= 15 is 0 Å². The lowest BCUT2D eigenvalue weighted by Gasteiger charge is -2.41. The second kappa shape index (κ2) is 4.58. The summed E-state index contributed by atoms with van der Waals surface area (Å²) in [6.45, 7) is 7.13. The Hall–Kier alpha value is -1.48. The van der Waals surface area contributed by atoms with Crippen LogP contribution in [-0.2, 0) is 9.59 Å². The van der Waals surface area contributed by atoms with Crippen molar-refractivity contribution in [3.05, 3.63) is 5.53 Å². The van der Waals surface area contributed by atoms with Crippen LogP contribution in [0.15, 0.2) is 0 Å². The SMILES string of the molecule is CC(=[N+]=[N-])C(=O)C(C)C1NC(=O)C1C(C)C. The first-order valence-corrected chi connectivity index (χ1v) is 5.43. The Kier molecular flexibility index (Phi) is 3.60. The van der Waals surface area contributed by atoms with Crippen LogP contribution in [0.5, 0.6) is 0 Å². The number of nitrogens with zero attached hydrogens (tertiary/aromatic N) is 2. The van der Waals surface area contributed by atoms with E-state index in [0.717, 1.165) is 0 Å². The highest BCUT2D eigenvalue weighted by Gasteiger charge is 2.47. The summed E-state index contributed by atoms with van der Waals surface area (Å²) in [6.07, 6.45) is 0. The van der Waals surface area contributed by atoms with Crippen molar-refractivity contribution in [3.8, 4) is 0 Å². The van der Waals surface area contributed by atoms with Gasteiger partial charge in [0.05, 0.1) is 12.0 Å². The van der Waals surface area contributed by atoms with Gasteiger partial charge in [-0.25, -0.2) is 0 Å². The number of carbonyl (C=O) groups is 2. The summed E-state index contributed by atoms with van der Waals surface area (Å²) in [7, 11) is 0. The van der Waals surface area contributed by atoms with Gasteiger partial charge in [0, 0.05) is 12.8 Å². The van der Waals surface area contributed by atoms with Gasteiger partial charge in [-0.15, -0.1) is 0 Å². The largest absolute Gasteiger partial charge is 0.361 e. The third-order valence-electron chi connectivity index (χ3n) is 3.18. The lowest BCUT2D eigenvalue weighted by atomic mass is 9.74. The number of hydrogen-bond acceptors (Lipinski definition) is 2. The number of Topliss-reactive ketones (excluding diaryl/α,β-unsaturated/α-hetero) is 1. The molecule has 1 saturated heterocycles. The van der Waals surface area contributed by atoms with Crippen molar-refractivity contribution in [3.63, 3.8) is 0 Å². The number of β-lactam (4-membered cyclic amide) rings is 1. The van der Waals surface area contributed by atoms with Gasteiger partial charge in [-0.05, 0) is 5.92 Å². The van der Waals surface area contributed by atoms with Crippen LogP contribution in [0.2, 0.25) is 0 Å². The maximum atomic E-state index is 11.7. The Labute approximate surface area is 94.8 Å². The molecule has 1 heterocycles. The van der Waals surface area contributed by atoms with Gasteiger partial charge in [0.25, 0.3) is 0 Å². The third kappa shape index (κ3) is 2.04. The van der Waals surface area contributed by atoms with Gasteiger partial charge in [0.1, 0.15) is 0 Å². The molecule has 5 heteroatoms. The minimum absolute atomic E-state index is 0.00163. The van der Waals surface area contributed by atoms with Crippen LogP contribution in [0, 0.1) is 17.8 Å².